The molecule has 1 aliphatic rings. The predicted molar refractivity (Wildman–Crippen MR) is 148 cm³/mol. The Balaban J connectivity index is 1.43. The molecule has 1 heterocycles. The van der Waals surface area contributed by atoms with E-state index >= 15 is 0 Å². The topological polar surface area (TPSA) is 84.3 Å². The van der Waals surface area contributed by atoms with Crippen molar-refractivity contribution in [3.63, 3.8) is 0 Å². The highest BCUT2D eigenvalue weighted by Crippen LogP contribution is 2.36. The highest BCUT2D eigenvalue weighted by molar-refractivity contribution is 7.89. The van der Waals surface area contributed by atoms with Crippen LogP contribution in [0.1, 0.15) is 54.2 Å². The Morgan fingerprint density at radius 2 is 1.88 bits per heavy atom. The van der Waals surface area contributed by atoms with Gasteiger partial charge in [-0.1, -0.05) is 25.1 Å². The van der Waals surface area contributed by atoms with Gasteiger partial charge < -0.3 is 9.47 Å². The van der Waals surface area contributed by atoms with E-state index in [4.69, 9.17) is 0 Å². The van der Waals surface area contributed by atoms with Crippen molar-refractivity contribution in [2.75, 3.05) is 4.90 Å². The summed E-state index contributed by atoms with van der Waals surface area (Å²) in [6.45, 7) is 2.09. The van der Waals surface area contributed by atoms with E-state index in [-0.39, 0.29) is 35.5 Å². The molecular formula is C30H30F2N4O3S. The van der Waals surface area contributed by atoms with Crippen LogP contribution >= 0.6 is 0 Å². The molecule has 3 aromatic carbocycles. The monoisotopic (exact) mass is 564 g/mol. The Bertz CT molecular complexity index is 1640. The average Bonchev–Trinajstić information content (AvgIpc) is 3.52. The first-order chi connectivity index (χ1) is 19.1. The summed E-state index contributed by atoms with van der Waals surface area (Å²) in [7, 11) is -2.04. The van der Waals surface area contributed by atoms with Gasteiger partial charge in [0, 0.05) is 37.6 Å². The maximum Gasteiger partial charge on any atom is 0.241 e. The van der Waals surface area contributed by atoms with Crippen LogP contribution in [0.4, 0.5) is 14.5 Å². The summed E-state index contributed by atoms with van der Waals surface area (Å²) in [4.78, 5) is 19.7. The molecule has 4 aromatic rings. The molecule has 1 N–H and O–H groups in total. The van der Waals surface area contributed by atoms with Crippen LogP contribution in [-0.2, 0) is 34.8 Å². The number of aromatic nitrogens is 2. The Labute approximate surface area is 232 Å². The molecule has 7 nitrogen and oxygen atoms in total. The third kappa shape index (κ3) is 5.97. The minimum atomic E-state index is -3.89. The molecule has 1 amide bonds. The van der Waals surface area contributed by atoms with Crippen molar-refractivity contribution in [2.45, 2.75) is 49.6 Å². The van der Waals surface area contributed by atoms with Crippen molar-refractivity contribution in [1.29, 1.82) is 0 Å². The number of aryl methyl sites for hydroxylation is 2. The number of halogens is 2. The van der Waals surface area contributed by atoms with E-state index in [9.17, 15) is 22.0 Å². The molecule has 0 saturated carbocycles. The number of anilines is 1. The summed E-state index contributed by atoms with van der Waals surface area (Å²) in [5.74, 6) is -0.577. The summed E-state index contributed by atoms with van der Waals surface area (Å²) in [5, 5.41) is 0. The third-order valence-corrected chi connectivity index (χ3v) is 8.85. The van der Waals surface area contributed by atoms with E-state index in [1.54, 1.807) is 29.4 Å². The number of hydrogen-bond donors (Lipinski definition) is 1. The maximum atomic E-state index is 13.8. The fraction of sp³-hybridized carbons (Fsp3) is 0.267. The molecule has 2 atom stereocenters. The third-order valence-electron chi connectivity index (χ3n) is 7.36. The minimum Gasteiger partial charge on any atom is -0.337 e. The molecule has 5 rings (SSSR count). The van der Waals surface area contributed by atoms with E-state index < -0.39 is 21.9 Å². The van der Waals surface area contributed by atoms with Crippen LogP contribution in [-0.4, -0.2) is 23.9 Å². The maximum absolute atomic E-state index is 13.8. The zero-order valence-electron chi connectivity index (χ0n) is 22.2. The number of rotatable bonds is 9. The number of nitrogens with one attached hydrogen (secondary N) is 1. The molecule has 1 aliphatic carbocycles. The van der Waals surface area contributed by atoms with Gasteiger partial charge in [-0.05, 0) is 84.0 Å². The molecule has 40 heavy (non-hydrogen) atoms. The Hall–Kier alpha value is -3.89. The number of benzene rings is 3. The predicted octanol–water partition coefficient (Wildman–Crippen LogP) is 5.39. The summed E-state index contributed by atoms with van der Waals surface area (Å²) in [6.07, 6.45) is 4.84. The molecule has 208 valence electrons. The van der Waals surface area contributed by atoms with Crippen molar-refractivity contribution in [3.8, 4) is 0 Å². The first-order valence-electron chi connectivity index (χ1n) is 13.0. The van der Waals surface area contributed by atoms with Gasteiger partial charge in [0.05, 0.1) is 11.4 Å². The van der Waals surface area contributed by atoms with Crippen molar-refractivity contribution >= 4 is 21.6 Å². The molecule has 0 fully saturated rings. The number of hydrogen-bond acceptors (Lipinski definition) is 4. The van der Waals surface area contributed by atoms with Crippen molar-refractivity contribution in [3.05, 3.63) is 113 Å². The molecule has 0 spiro atoms. The van der Waals surface area contributed by atoms with Crippen molar-refractivity contribution < 1.29 is 22.0 Å². The van der Waals surface area contributed by atoms with E-state index in [0.717, 1.165) is 28.8 Å². The molecule has 0 bridgehead atoms. The number of fused-ring (bicyclic) bond motifs is 1. The van der Waals surface area contributed by atoms with Gasteiger partial charge in [-0.3, -0.25) is 4.79 Å². The van der Waals surface area contributed by atoms with Crippen LogP contribution in [0.3, 0.4) is 0 Å². The lowest BCUT2D eigenvalue weighted by atomic mass is 9.96. The van der Waals surface area contributed by atoms with Crippen LogP contribution in [0.2, 0.25) is 0 Å². The summed E-state index contributed by atoms with van der Waals surface area (Å²) in [5.41, 5.74) is 3.13. The molecule has 0 aliphatic heterocycles. The Morgan fingerprint density at radius 1 is 1.10 bits per heavy atom. The minimum absolute atomic E-state index is 0.0172. The fourth-order valence-corrected chi connectivity index (χ4v) is 6.32. The smallest absolute Gasteiger partial charge is 0.241 e. The molecule has 0 unspecified atom stereocenters. The molecular weight excluding hydrogens is 534 g/mol. The summed E-state index contributed by atoms with van der Waals surface area (Å²) in [6, 6.07) is 16.1. The zero-order valence-corrected chi connectivity index (χ0v) is 23.0. The van der Waals surface area contributed by atoms with Gasteiger partial charge in [0.2, 0.25) is 15.9 Å². The second-order valence-electron chi connectivity index (χ2n) is 10.1. The summed E-state index contributed by atoms with van der Waals surface area (Å²) >= 11 is 0. The van der Waals surface area contributed by atoms with Gasteiger partial charge in [-0.25, -0.2) is 26.9 Å². The second-order valence-corrected chi connectivity index (χ2v) is 11.9. The van der Waals surface area contributed by atoms with Crippen LogP contribution in [0.5, 0.6) is 0 Å². The fourth-order valence-electron chi connectivity index (χ4n) is 5.07. The van der Waals surface area contributed by atoms with Gasteiger partial charge >= 0.3 is 0 Å². The van der Waals surface area contributed by atoms with Crippen LogP contribution < -0.4 is 9.62 Å². The van der Waals surface area contributed by atoms with Gasteiger partial charge in [0.15, 0.2) is 0 Å². The standard InChI is InChI=1S/C30H30F2N4O3S/c1-20(22-4-3-5-24(32)17-22)16-30(37)36(19-29-33-14-15-35(29)2)25-10-6-21-7-13-28(27(21)18-25)34-40(38,39)26-11-8-23(31)9-12-26/h3-6,8-12,14-15,17-18,20,28,34H,7,13,16,19H2,1-2H3/t20-,28-/m0/s1. The SMILES string of the molecule is C[C@@H](CC(=O)N(Cc1nccn1C)c1ccc2c(c1)[C@@H](NS(=O)(=O)c1ccc(F)cc1)CC2)c1cccc(F)c1. The van der Waals surface area contributed by atoms with Gasteiger partial charge in [0.1, 0.15) is 17.5 Å². The first kappa shape index (κ1) is 27.7. The molecule has 0 radical (unpaired) electrons. The van der Waals surface area contributed by atoms with Crippen molar-refractivity contribution in [2.24, 2.45) is 7.05 Å². The lowest BCUT2D eigenvalue weighted by Crippen LogP contribution is -2.32. The lowest BCUT2D eigenvalue weighted by molar-refractivity contribution is -0.119. The highest BCUT2D eigenvalue weighted by atomic mass is 32.2. The lowest BCUT2D eigenvalue weighted by Gasteiger charge is -2.26. The second kappa shape index (κ2) is 11.3. The molecule has 10 heteroatoms. The quantitative estimate of drug-likeness (QED) is 0.296. The van der Waals surface area contributed by atoms with Crippen LogP contribution in [0, 0.1) is 11.6 Å². The number of nitrogens with zero attached hydrogens (tertiary/aromatic N) is 3. The van der Waals surface area contributed by atoms with E-state index in [0.29, 0.717) is 24.4 Å². The normalized spacial score (nSPS) is 15.6. The van der Waals surface area contributed by atoms with Gasteiger partial charge in [0.25, 0.3) is 0 Å². The number of amides is 1. The highest BCUT2D eigenvalue weighted by Gasteiger charge is 2.30. The van der Waals surface area contributed by atoms with Crippen LogP contribution in [0.25, 0.3) is 0 Å². The average molecular weight is 565 g/mol. The van der Waals surface area contributed by atoms with Gasteiger partial charge in [-0.15, -0.1) is 0 Å². The van der Waals surface area contributed by atoms with E-state index in [2.05, 4.69) is 9.71 Å². The molecule has 0 saturated heterocycles. The first-order valence-corrected chi connectivity index (χ1v) is 14.5. The largest absolute Gasteiger partial charge is 0.337 e. The summed E-state index contributed by atoms with van der Waals surface area (Å²) < 4.78 is 57.8. The van der Waals surface area contributed by atoms with Gasteiger partial charge in [-0.2, -0.15) is 0 Å². The Kier molecular flexibility index (Phi) is 7.82. The van der Waals surface area contributed by atoms with E-state index in [1.807, 2.05) is 36.7 Å². The number of carbonyl (C=O) groups excluding carboxylic acids is 1. The Morgan fingerprint density at radius 3 is 2.58 bits per heavy atom. The number of carbonyl (C=O) groups is 1. The van der Waals surface area contributed by atoms with Crippen LogP contribution in [0.15, 0.2) is 84.0 Å². The van der Waals surface area contributed by atoms with Crippen molar-refractivity contribution in [1.82, 2.24) is 14.3 Å². The number of imidazole rings is 1. The zero-order chi connectivity index (χ0) is 28.4. The van der Waals surface area contributed by atoms with E-state index in [1.165, 1.54) is 24.3 Å². The molecule has 1 aromatic heterocycles. The number of sulfonamides is 1.